The number of halogens is 2. The van der Waals surface area contributed by atoms with E-state index in [4.69, 9.17) is 27.2 Å². The molecule has 2 aromatic carbocycles. The standard InChI is InChI=1S/C14H11ClFNO3/c15-10-6-8(4-5-11(10)16)7-20-13-9(14(18)19)2-1-3-12(13)17/h1-6H,7,17H2,(H,18,19). The highest BCUT2D eigenvalue weighted by Gasteiger charge is 2.14. The lowest BCUT2D eigenvalue weighted by atomic mass is 10.1. The zero-order chi connectivity index (χ0) is 14.7. The first-order chi connectivity index (χ1) is 9.49. The molecule has 2 rings (SSSR count). The summed E-state index contributed by atoms with van der Waals surface area (Å²) in [6.07, 6.45) is 0. The van der Waals surface area contributed by atoms with Crippen molar-refractivity contribution < 1.29 is 19.0 Å². The average Bonchev–Trinajstić information content (AvgIpc) is 2.40. The molecule has 0 aliphatic heterocycles. The summed E-state index contributed by atoms with van der Waals surface area (Å²) in [6.45, 7) is 0.0362. The van der Waals surface area contributed by atoms with Crippen molar-refractivity contribution in [2.24, 2.45) is 0 Å². The van der Waals surface area contributed by atoms with Gasteiger partial charge in [-0.2, -0.15) is 0 Å². The minimum absolute atomic E-state index is 0.0226. The summed E-state index contributed by atoms with van der Waals surface area (Å²) in [5.41, 5.74) is 6.50. The molecule has 20 heavy (non-hydrogen) atoms. The molecule has 0 aliphatic carbocycles. The topological polar surface area (TPSA) is 72.6 Å². The number of benzene rings is 2. The molecule has 0 aromatic heterocycles. The third kappa shape index (κ3) is 3.00. The molecule has 0 heterocycles. The van der Waals surface area contributed by atoms with Crippen LogP contribution in [0.1, 0.15) is 15.9 Å². The molecular weight excluding hydrogens is 285 g/mol. The number of carboxylic acid groups (broad SMARTS) is 1. The molecule has 0 unspecified atom stereocenters. The molecule has 0 saturated carbocycles. The Morgan fingerprint density at radius 2 is 2.10 bits per heavy atom. The third-order valence-electron chi connectivity index (χ3n) is 2.64. The second-order valence-corrected chi connectivity index (χ2v) is 4.47. The number of para-hydroxylation sites is 1. The smallest absolute Gasteiger partial charge is 0.339 e. The SMILES string of the molecule is Nc1cccc(C(=O)O)c1OCc1ccc(F)c(Cl)c1. The van der Waals surface area contributed by atoms with Crippen molar-refractivity contribution in [1.29, 1.82) is 0 Å². The molecule has 4 nitrogen and oxygen atoms in total. The lowest BCUT2D eigenvalue weighted by molar-refractivity contribution is 0.0692. The minimum atomic E-state index is -1.13. The second-order valence-electron chi connectivity index (χ2n) is 4.07. The van der Waals surface area contributed by atoms with Crippen LogP contribution in [0.25, 0.3) is 0 Å². The van der Waals surface area contributed by atoms with E-state index in [0.717, 1.165) is 0 Å². The van der Waals surface area contributed by atoms with Crippen LogP contribution >= 0.6 is 11.6 Å². The van der Waals surface area contributed by atoms with Crippen LogP contribution in [0.4, 0.5) is 10.1 Å². The molecule has 0 radical (unpaired) electrons. The van der Waals surface area contributed by atoms with E-state index < -0.39 is 11.8 Å². The molecule has 3 N–H and O–H groups in total. The highest BCUT2D eigenvalue weighted by atomic mass is 35.5. The maximum absolute atomic E-state index is 13.0. The number of aromatic carboxylic acids is 1. The number of hydrogen-bond donors (Lipinski definition) is 2. The summed E-state index contributed by atoms with van der Waals surface area (Å²) in [5.74, 6) is -1.58. The van der Waals surface area contributed by atoms with Gasteiger partial charge >= 0.3 is 5.97 Å². The number of nitrogens with two attached hydrogens (primary N) is 1. The van der Waals surface area contributed by atoms with Crippen molar-refractivity contribution in [1.82, 2.24) is 0 Å². The van der Waals surface area contributed by atoms with Gasteiger partial charge in [-0.05, 0) is 29.8 Å². The fourth-order valence-corrected chi connectivity index (χ4v) is 1.87. The molecule has 104 valence electrons. The predicted octanol–water partition coefficient (Wildman–Crippen LogP) is 3.34. The Balaban J connectivity index is 2.22. The number of carbonyl (C=O) groups is 1. The van der Waals surface area contributed by atoms with Crippen molar-refractivity contribution in [3.63, 3.8) is 0 Å². The summed E-state index contributed by atoms with van der Waals surface area (Å²) >= 11 is 5.66. The van der Waals surface area contributed by atoms with Crippen LogP contribution in [-0.4, -0.2) is 11.1 Å². The van der Waals surface area contributed by atoms with E-state index in [1.165, 1.54) is 30.3 Å². The first-order valence-corrected chi connectivity index (χ1v) is 6.05. The largest absolute Gasteiger partial charge is 0.486 e. The zero-order valence-corrected chi connectivity index (χ0v) is 11.0. The fraction of sp³-hybridized carbons (Fsp3) is 0.0714. The summed E-state index contributed by atoms with van der Waals surface area (Å²) in [4.78, 5) is 11.1. The number of carboxylic acids is 1. The van der Waals surface area contributed by atoms with Crippen LogP contribution < -0.4 is 10.5 Å². The van der Waals surface area contributed by atoms with Gasteiger partial charge in [-0.3, -0.25) is 0 Å². The molecule has 0 spiro atoms. The highest BCUT2D eigenvalue weighted by molar-refractivity contribution is 6.30. The minimum Gasteiger partial charge on any atom is -0.486 e. The van der Waals surface area contributed by atoms with Crippen LogP contribution in [0, 0.1) is 5.82 Å². The average molecular weight is 296 g/mol. The summed E-state index contributed by atoms with van der Waals surface area (Å²) in [7, 11) is 0. The Bertz CT molecular complexity index is 661. The first-order valence-electron chi connectivity index (χ1n) is 5.67. The first kappa shape index (κ1) is 14.1. The van der Waals surface area contributed by atoms with Crippen LogP contribution in [0.15, 0.2) is 36.4 Å². The Hall–Kier alpha value is -2.27. The van der Waals surface area contributed by atoms with Crippen molar-refractivity contribution in [2.75, 3.05) is 5.73 Å². The Morgan fingerprint density at radius 3 is 2.75 bits per heavy atom. The monoisotopic (exact) mass is 295 g/mol. The molecule has 0 aliphatic rings. The molecule has 0 atom stereocenters. The molecule has 0 fully saturated rings. The predicted molar refractivity (Wildman–Crippen MR) is 73.6 cm³/mol. The molecule has 0 bridgehead atoms. The van der Waals surface area contributed by atoms with Crippen molar-refractivity contribution in [3.8, 4) is 5.75 Å². The van der Waals surface area contributed by atoms with Gasteiger partial charge < -0.3 is 15.6 Å². The molecule has 6 heteroatoms. The fourth-order valence-electron chi connectivity index (χ4n) is 1.67. The summed E-state index contributed by atoms with van der Waals surface area (Å²) < 4.78 is 18.4. The highest BCUT2D eigenvalue weighted by Crippen LogP contribution is 2.27. The van der Waals surface area contributed by atoms with E-state index in [-0.39, 0.29) is 28.6 Å². The number of ether oxygens (including phenoxy) is 1. The van der Waals surface area contributed by atoms with Gasteiger partial charge in [0.1, 0.15) is 18.0 Å². The van der Waals surface area contributed by atoms with E-state index in [9.17, 15) is 9.18 Å². The molecular formula is C14H11ClFNO3. The number of rotatable bonds is 4. The van der Waals surface area contributed by atoms with Crippen LogP contribution in [0.5, 0.6) is 5.75 Å². The lowest BCUT2D eigenvalue weighted by Gasteiger charge is -2.11. The van der Waals surface area contributed by atoms with Gasteiger partial charge in [0.2, 0.25) is 0 Å². The van der Waals surface area contributed by atoms with Crippen LogP contribution in [0.2, 0.25) is 5.02 Å². The second kappa shape index (κ2) is 5.79. The van der Waals surface area contributed by atoms with Gasteiger partial charge in [0.25, 0.3) is 0 Å². The van der Waals surface area contributed by atoms with Crippen molar-refractivity contribution >= 4 is 23.3 Å². The number of anilines is 1. The molecule has 0 amide bonds. The van der Waals surface area contributed by atoms with E-state index in [1.54, 1.807) is 6.07 Å². The van der Waals surface area contributed by atoms with E-state index in [1.807, 2.05) is 0 Å². The van der Waals surface area contributed by atoms with Gasteiger partial charge in [-0.15, -0.1) is 0 Å². The number of hydrogen-bond acceptors (Lipinski definition) is 3. The van der Waals surface area contributed by atoms with Crippen LogP contribution in [-0.2, 0) is 6.61 Å². The van der Waals surface area contributed by atoms with Gasteiger partial charge in [-0.25, -0.2) is 9.18 Å². The van der Waals surface area contributed by atoms with Gasteiger partial charge in [-0.1, -0.05) is 23.7 Å². The Kier molecular flexibility index (Phi) is 4.10. The maximum atomic E-state index is 13.0. The maximum Gasteiger partial charge on any atom is 0.339 e. The zero-order valence-electron chi connectivity index (χ0n) is 10.3. The molecule has 2 aromatic rings. The van der Waals surface area contributed by atoms with E-state index >= 15 is 0 Å². The van der Waals surface area contributed by atoms with Crippen molar-refractivity contribution in [3.05, 3.63) is 58.4 Å². The Morgan fingerprint density at radius 1 is 1.35 bits per heavy atom. The Labute approximate surface area is 119 Å². The van der Waals surface area contributed by atoms with E-state index in [0.29, 0.717) is 5.56 Å². The van der Waals surface area contributed by atoms with E-state index in [2.05, 4.69) is 0 Å². The van der Waals surface area contributed by atoms with Crippen LogP contribution in [0.3, 0.4) is 0 Å². The molecule has 0 saturated heterocycles. The van der Waals surface area contributed by atoms with Gasteiger partial charge in [0, 0.05) is 0 Å². The number of nitrogen functional groups attached to an aromatic ring is 1. The third-order valence-corrected chi connectivity index (χ3v) is 2.93. The summed E-state index contributed by atoms with van der Waals surface area (Å²) in [6, 6.07) is 8.59. The lowest BCUT2D eigenvalue weighted by Crippen LogP contribution is -2.06. The quantitative estimate of drug-likeness (QED) is 0.849. The van der Waals surface area contributed by atoms with Gasteiger partial charge in [0.15, 0.2) is 5.75 Å². The normalized spacial score (nSPS) is 10.3. The van der Waals surface area contributed by atoms with Gasteiger partial charge in [0.05, 0.1) is 10.7 Å². The van der Waals surface area contributed by atoms with Crippen molar-refractivity contribution in [2.45, 2.75) is 6.61 Å². The summed E-state index contributed by atoms with van der Waals surface area (Å²) in [5, 5.41) is 9.04.